The van der Waals surface area contributed by atoms with Gasteiger partial charge in [-0.3, -0.25) is 9.59 Å². The quantitative estimate of drug-likeness (QED) is 0.864. The van der Waals surface area contributed by atoms with Crippen molar-refractivity contribution in [2.45, 2.75) is 27.7 Å². The molecule has 0 aliphatic carbocycles. The van der Waals surface area contributed by atoms with Crippen LogP contribution >= 0.6 is 0 Å². The summed E-state index contributed by atoms with van der Waals surface area (Å²) in [6.07, 6.45) is 0. The highest BCUT2D eigenvalue weighted by Crippen LogP contribution is 2.24. The molecule has 0 bridgehead atoms. The molecule has 0 atom stereocenters. The third-order valence-electron chi connectivity index (χ3n) is 3.01. The molecule has 1 aromatic carbocycles. The highest BCUT2D eigenvalue weighted by molar-refractivity contribution is 5.82. The van der Waals surface area contributed by atoms with E-state index in [2.05, 4.69) is 0 Å². The van der Waals surface area contributed by atoms with Gasteiger partial charge in [0.15, 0.2) is 6.61 Å². The molecular weight excluding hydrogens is 258 g/mol. The molecule has 0 aliphatic heterocycles. The van der Waals surface area contributed by atoms with Gasteiger partial charge in [0.1, 0.15) is 12.3 Å². The number of carbonyl (C=O) groups is 2. The average molecular weight is 279 g/mol. The van der Waals surface area contributed by atoms with E-state index in [0.717, 1.165) is 16.7 Å². The molecule has 5 heteroatoms. The minimum Gasteiger partial charge on any atom is -0.483 e. The first-order chi connectivity index (χ1) is 9.35. The van der Waals surface area contributed by atoms with Gasteiger partial charge in [-0.15, -0.1) is 0 Å². The summed E-state index contributed by atoms with van der Waals surface area (Å²) in [6.45, 7) is 7.49. The number of benzene rings is 1. The Kier molecular flexibility index (Phi) is 5.55. The lowest BCUT2D eigenvalue weighted by Crippen LogP contribution is -2.38. The van der Waals surface area contributed by atoms with Crippen LogP contribution in [0.3, 0.4) is 0 Å². The van der Waals surface area contributed by atoms with E-state index < -0.39 is 5.97 Å². The van der Waals surface area contributed by atoms with Crippen LogP contribution in [0.5, 0.6) is 5.75 Å². The molecule has 1 N–H and O–H groups in total. The Hall–Kier alpha value is -2.04. The number of carboxylic acids is 1. The van der Waals surface area contributed by atoms with Crippen LogP contribution in [0.2, 0.25) is 0 Å². The highest BCUT2D eigenvalue weighted by atomic mass is 16.5. The number of ether oxygens (including phenoxy) is 1. The van der Waals surface area contributed by atoms with Crippen LogP contribution in [0.4, 0.5) is 0 Å². The van der Waals surface area contributed by atoms with Crippen molar-refractivity contribution in [1.29, 1.82) is 0 Å². The molecule has 0 fully saturated rings. The summed E-state index contributed by atoms with van der Waals surface area (Å²) in [5, 5.41) is 8.73. The van der Waals surface area contributed by atoms with Gasteiger partial charge in [0.05, 0.1) is 0 Å². The van der Waals surface area contributed by atoms with Gasteiger partial charge in [-0.1, -0.05) is 17.7 Å². The molecule has 0 heterocycles. The molecule has 5 nitrogen and oxygen atoms in total. The number of aliphatic carboxylic acids is 1. The van der Waals surface area contributed by atoms with Crippen molar-refractivity contribution < 1.29 is 19.4 Å². The maximum Gasteiger partial charge on any atom is 0.323 e. The zero-order valence-corrected chi connectivity index (χ0v) is 12.4. The van der Waals surface area contributed by atoms with Crippen LogP contribution in [0, 0.1) is 20.8 Å². The van der Waals surface area contributed by atoms with Crippen LogP contribution < -0.4 is 4.74 Å². The number of likely N-dealkylation sites (N-methyl/N-ethyl adjacent to an activating group) is 1. The van der Waals surface area contributed by atoms with E-state index >= 15 is 0 Å². The number of carboxylic acid groups (broad SMARTS) is 1. The van der Waals surface area contributed by atoms with Crippen LogP contribution in [0.25, 0.3) is 0 Å². The van der Waals surface area contributed by atoms with Crippen LogP contribution in [0.15, 0.2) is 12.1 Å². The summed E-state index contributed by atoms with van der Waals surface area (Å²) in [7, 11) is 0. The van der Waals surface area contributed by atoms with Crippen LogP contribution in [0.1, 0.15) is 23.6 Å². The van der Waals surface area contributed by atoms with Crippen molar-refractivity contribution >= 4 is 11.9 Å². The third-order valence-corrected chi connectivity index (χ3v) is 3.01. The maximum absolute atomic E-state index is 11.9. The topological polar surface area (TPSA) is 66.8 Å². The molecule has 0 spiro atoms. The van der Waals surface area contributed by atoms with Crippen LogP contribution in [-0.4, -0.2) is 41.6 Å². The number of nitrogens with zero attached hydrogens (tertiary/aromatic N) is 1. The van der Waals surface area contributed by atoms with Gasteiger partial charge in [-0.05, 0) is 38.8 Å². The predicted molar refractivity (Wildman–Crippen MR) is 76.0 cm³/mol. The van der Waals surface area contributed by atoms with Crippen molar-refractivity contribution in [2.24, 2.45) is 0 Å². The maximum atomic E-state index is 11.9. The smallest absolute Gasteiger partial charge is 0.323 e. The fourth-order valence-electron chi connectivity index (χ4n) is 2.16. The normalized spacial score (nSPS) is 10.2. The molecule has 20 heavy (non-hydrogen) atoms. The molecule has 110 valence electrons. The first-order valence-electron chi connectivity index (χ1n) is 6.55. The minimum atomic E-state index is -1.03. The third kappa shape index (κ3) is 4.26. The standard InChI is InChI=1S/C15H21NO4/c1-5-16(8-14(18)19)13(17)9-20-15-11(3)6-10(2)7-12(15)4/h6-7H,5,8-9H2,1-4H3,(H,18,19). The van der Waals surface area contributed by atoms with Crippen molar-refractivity contribution in [3.05, 3.63) is 28.8 Å². The zero-order valence-electron chi connectivity index (χ0n) is 12.4. The molecule has 0 unspecified atom stereocenters. The lowest BCUT2D eigenvalue weighted by molar-refractivity contribution is -0.145. The number of hydrogen-bond donors (Lipinski definition) is 1. The lowest BCUT2D eigenvalue weighted by atomic mass is 10.1. The Morgan fingerprint density at radius 3 is 2.20 bits per heavy atom. The monoisotopic (exact) mass is 279 g/mol. The van der Waals surface area contributed by atoms with Crippen molar-refractivity contribution in [3.8, 4) is 5.75 Å². The van der Waals surface area contributed by atoms with E-state index in [1.807, 2.05) is 32.9 Å². The van der Waals surface area contributed by atoms with Gasteiger partial charge in [0.2, 0.25) is 0 Å². The van der Waals surface area contributed by atoms with Gasteiger partial charge in [0, 0.05) is 6.54 Å². The molecule has 0 radical (unpaired) electrons. The molecule has 0 saturated carbocycles. The number of rotatable bonds is 6. The summed E-state index contributed by atoms with van der Waals surface area (Å²) in [4.78, 5) is 23.8. The Bertz CT molecular complexity index is 488. The summed E-state index contributed by atoms with van der Waals surface area (Å²) in [6, 6.07) is 3.98. The Morgan fingerprint density at radius 1 is 1.20 bits per heavy atom. The van der Waals surface area contributed by atoms with Crippen molar-refractivity contribution in [1.82, 2.24) is 4.90 Å². The van der Waals surface area contributed by atoms with E-state index in [4.69, 9.17) is 9.84 Å². The predicted octanol–water partition coefficient (Wildman–Crippen LogP) is 1.92. The molecule has 1 amide bonds. The van der Waals surface area contributed by atoms with E-state index in [1.165, 1.54) is 4.90 Å². The zero-order chi connectivity index (χ0) is 15.3. The van der Waals surface area contributed by atoms with Crippen molar-refractivity contribution in [3.63, 3.8) is 0 Å². The Balaban J connectivity index is 2.72. The van der Waals surface area contributed by atoms with E-state index in [-0.39, 0.29) is 19.1 Å². The summed E-state index contributed by atoms with van der Waals surface area (Å²) >= 11 is 0. The molecular formula is C15H21NO4. The van der Waals surface area contributed by atoms with E-state index in [1.54, 1.807) is 6.92 Å². The van der Waals surface area contributed by atoms with Gasteiger partial charge >= 0.3 is 5.97 Å². The second-order valence-corrected chi connectivity index (χ2v) is 4.82. The Morgan fingerprint density at radius 2 is 1.75 bits per heavy atom. The van der Waals surface area contributed by atoms with Gasteiger partial charge in [0.25, 0.3) is 5.91 Å². The first kappa shape index (κ1) is 16.0. The number of hydrogen-bond acceptors (Lipinski definition) is 3. The summed E-state index contributed by atoms with van der Waals surface area (Å²) in [5.41, 5.74) is 3.08. The van der Waals surface area contributed by atoms with Gasteiger partial charge in [-0.25, -0.2) is 0 Å². The lowest BCUT2D eigenvalue weighted by Gasteiger charge is -2.19. The molecule has 0 saturated heterocycles. The molecule has 1 aromatic rings. The first-order valence-corrected chi connectivity index (χ1v) is 6.55. The number of aryl methyl sites for hydroxylation is 3. The molecule has 1 rings (SSSR count). The number of amides is 1. The highest BCUT2D eigenvalue weighted by Gasteiger charge is 2.16. The van der Waals surface area contributed by atoms with Gasteiger partial charge < -0.3 is 14.7 Å². The number of carbonyl (C=O) groups excluding carboxylic acids is 1. The SMILES string of the molecule is CCN(CC(=O)O)C(=O)COc1c(C)cc(C)cc1C. The average Bonchev–Trinajstić information content (AvgIpc) is 2.33. The van der Waals surface area contributed by atoms with Crippen molar-refractivity contribution in [2.75, 3.05) is 19.7 Å². The van der Waals surface area contributed by atoms with E-state index in [9.17, 15) is 9.59 Å². The molecule has 0 aromatic heterocycles. The van der Waals surface area contributed by atoms with E-state index in [0.29, 0.717) is 12.3 Å². The summed E-state index contributed by atoms with van der Waals surface area (Å²) in [5.74, 6) is -0.660. The van der Waals surface area contributed by atoms with Gasteiger partial charge in [-0.2, -0.15) is 0 Å². The minimum absolute atomic E-state index is 0.147. The second-order valence-electron chi connectivity index (χ2n) is 4.82. The second kappa shape index (κ2) is 6.93. The molecule has 0 aliphatic rings. The largest absolute Gasteiger partial charge is 0.483 e. The van der Waals surface area contributed by atoms with Crippen LogP contribution in [-0.2, 0) is 9.59 Å². The Labute approximate surface area is 119 Å². The fourth-order valence-corrected chi connectivity index (χ4v) is 2.16. The fraction of sp³-hybridized carbons (Fsp3) is 0.467. The summed E-state index contributed by atoms with van der Waals surface area (Å²) < 4.78 is 5.56.